The van der Waals surface area contributed by atoms with Gasteiger partial charge in [0.1, 0.15) is 0 Å². The molecule has 0 aromatic carbocycles. The molecule has 4 heteroatoms. The van der Waals surface area contributed by atoms with Gasteiger partial charge in [0.15, 0.2) is 0 Å². The van der Waals surface area contributed by atoms with Crippen LogP contribution in [-0.4, -0.2) is 45.2 Å². The molecule has 0 aromatic heterocycles. The molecule has 0 atom stereocenters. The first-order valence-electron chi connectivity index (χ1n) is 1.63. The van der Waals surface area contributed by atoms with Crippen LogP contribution in [0.15, 0.2) is 0 Å². The van der Waals surface area contributed by atoms with Gasteiger partial charge >= 0.3 is 44.1 Å². The van der Waals surface area contributed by atoms with Crippen molar-refractivity contribution in [2.75, 3.05) is 0 Å². The Morgan fingerprint density at radius 1 is 1.71 bits per heavy atom. The molecule has 37 valence electrons. The molecule has 1 N–H and O–H groups in total. The van der Waals surface area contributed by atoms with E-state index >= 15 is 0 Å². The average molecular weight is 218 g/mol. The quantitative estimate of drug-likeness (QED) is 0.644. The number of aliphatic carboxylic acids is 1. The van der Waals surface area contributed by atoms with Gasteiger partial charge in [-0.15, -0.1) is 0 Å². The first kappa shape index (κ1) is 10.5. The Labute approximate surface area is 61.9 Å². The maximum atomic E-state index is 9.60. The van der Waals surface area contributed by atoms with Crippen LogP contribution in [0.25, 0.3) is 0 Å². The molecule has 0 saturated carbocycles. The molecule has 0 spiro atoms. The van der Waals surface area contributed by atoms with Crippen molar-refractivity contribution >= 4 is 40.1 Å². The second-order valence-electron chi connectivity index (χ2n) is 0.894. The Morgan fingerprint density at radius 2 is 2.14 bits per heavy atom. The van der Waals surface area contributed by atoms with Crippen molar-refractivity contribution < 1.29 is 9.90 Å². The molecular weight excluding hydrogens is 213 g/mol. The number of hydrogen-bond acceptors (Lipinski definition) is 1. The second-order valence-corrected chi connectivity index (χ2v) is 1.94. The summed E-state index contributed by atoms with van der Waals surface area (Å²) >= 11 is 1.84. The van der Waals surface area contributed by atoms with Crippen molar-refractivity contribution in [2.24, 2.45) is 0 Å². The maximum absolute atomic E-state index is 9.60. The zero-order chi connectivity index (χ0) is 4.99. The van der Waals surface area contributed by atoms with Crippen molar-refractivity contribution in [1.29, 1.82) is 0 Å². The van der Waals surface area contributed by atoms with Crippen molar-refractivity contribution in [3.8, 4) is 0 Å². The topological polar surface area (TPSA) is 37.3 Å². The van der Waals surface area contributed by atoms with Crippen molar-refractivity contribution in [3.05, 3.63) is 0 Å². The third-order valence-corrected chi connectivity index (χ3v) is 0.863. The number of carboxylic acid groups (broad SMARTS) is 1. The van der Waals surface area contributed by atoms with Crippen LogP contribution in [0, 0.1) is 0 Å². The Hall–Kier alpha value is 0.556. The number of rotatable bonds is 2. The summed E-state index contributed by atoms with van der Waals surface area (Å²) in [6.07, 6.45) is 0.292. The third kappa shape index (κ3) is 10.8. The summed E-state index contributed by atoms with van der Waals surface area (Å²) in [5.74, 6) is -0.711. The molecule has 0 bridgehead atoms. The minimum absolute atomic E-state index is 0. The standard InChI is InChI=1S/C3H5GeO2.Ge/c4-2-1-3(5)6;/h1-2H2,(H,5,6);. The number of carboxylic acids is 1. The van der Waals surface area contributed by atoms with Gasteiger partial charge in [0, 0.05) is 17.6 Å². The number of hydrogen-bond donors (Lipinski definition) is 1. The van der Waals surface area contributed by atoms with E-state index in [1.807, 2.05) is 16.5 Å². The SMILES string of the molecule is O=C(O)C[CH2][Ge].[Ge]. The molecule has 0 heterocycles. The van der Waals surface area contributed by atoms with E-state index in [4.69, 9.17) is 5.11 Å². The Morgan fingerprint density at radius 3 is 2.14 bits per heavy atom. The van der Waals surface area contributed by atoms with Crippen LogP contribution in [-0.2, 0) is 4.79 Å². The Kier molecular flexibility index (Phi) is 9.85. The summed E-state index contributed by atoms with van der Waals surface area (Å²) in [6.45, 7) is 0. The van der Waals surface area contributed by atoms with Crippen molar-refractivity contribution in [1.82, 2.24) is 0 Å². The molecule has 0 rings (SSSR count). The smallest absolute Gasteiger partial charge is 0 e. The van der Waals surface area contributed by atoms with Gasteiger partial charge in [-0.2, -0.15) is 0 Å². The molecule has 2 nitrogen and oxygen atoms in total. The maximum Gasteiger partial charge on any atom is 0 e. The van der Waals surface area contributed by atoms with Crippen LogP contribution in [0.5, 0.6) is 0 Å². The molecule has 0 aromatic rings. The summed E-state index contributed by atoms with van der Waals surface area (Å²) < 4.78 is 0. The van der Waals surface area contributed by atoms with E-state index < -0.39 is 5.97 Å². The molecule has 0 fully saturated rings. The van der Waals surface area contributed by atoms with Crippen LogP contribution in [0.3, 0.4) is 0 Å². The van der Waals surface area contributed by atoms with E-state index in [9.17, 15) is 4.79 Å². The van der Waals surface area contributed by atoms with Crippen LogP contribution >= 0.6 is 0 Å². The molecule has 0 saturated heterocycles. The fraction of sp³-hybridized carbons (Fsp3) is 0.667. The van der Waals surface area contributed by atoms with Gasteiger partial charge in [0.2, 0.25) is 0 Å². The first-order chi connectivity index (χ1) is 2.77. The van der Waals surface area contributed by atoms with Gasteiger partial charge in [-0.25, -0.2) is 0 Å². The predicted molar refractivity (Wildman–Crippen MR) is 28.6 cm³/mol. The van der Waals surface area contributed by atoms with Gasteiger partial charge < -0.3 is 0 Å². The summed E-state index contributed by atoms with van der Waals surface area (Å²) in [7, 11) is 0. The van der Waals surface area contributed by atoms with Crippen LogP contribution in [0.4, 0.5) is 0 Å². The number of carbonyl (C=O) groups is 1. The normalized spacial score (nSPS) is 7.00. The van der Waals surface area contributed by atoms with E-state index in [0.29, 0.717) is 6.42 Å². The van der Waals surface area contributed by atoms with Gasteiger partial charge in [0.25, 0.3) is 0 Å². The second kappa shape index (κ2) is 6.56. The van der Waals surface area contributed by atoms with E-state index in [2.05, 4.69) is 0 Å². The molecule has 7 radical (unpaired) electrons. The fourth-order valence-electron chi connectivity index (χ4n) is 0.107. The zero-order valence-corrected chi connectivity index (χ0v) is 7.97. The summed E-state index contributed by atoms with van der Waals surface area (Å²) in [5, 5.41) is 8.64. The van der Waals surface area contributed by atoms with E-state index in [1.54, 1.807) is 0 Å². The molecule has 0 aliphatic rings. The predicted octanol–water partition coefficient (Wildman–Crippen LogP) is -0.333. The van der Waals surface area contributed by atoms with E-state index in [1.165, 1.54) is 0 Å². The summed E-state index contributed by atoms with van der Waals surface area (Å²) in [6, 6.07) is 0. The molecule has 0 unspecified atom stereocenters. The fourth-order valence-corrected chi connectivity index (χ4v) is 0.556. The zero-order valence-electron chi connectivity index (χ0n) is 3.77. The summed E-state index contributed by atoms with van der Waals surface area (Å²) in [4.78, 5) is 9.60. The van der Waals surface area contributed by atoms with Gasteiger partial charge in [-0.3, -0.25) is 0 Å². The Bertz CT molecular complexity index is 54.9. The molecular formula is C3H5Ge2O2. The van der Waals surface area contributed by atoms with E-state index in [0.717, 1.165) is 5.25 Å². The van der Waals surface area contributed by atoms with E-state index in [-0.39, 0.29) is 17.6 Å². The molecule has 0 aliphatic heterocycles. The average Bonchev–Trinajstić information content (AvgIpc) is 1.35. The molecule has 0 amide bonds. The first-order valence-corrected chi connectivity index (χ1v) is 3.12. The van der Waals surface area contributed by atoms with Gasteiger partial charge in [0.05, 0.1) is 0 Å². The van der Waals surface area contributed by atoms with Crippen LogP contribution in [0.1, 0.15) is 6.42 Å². The van der Waals surface area contributed by atoms with Crippen LogP contribution < -0.4 is 0 Å². The minimum Gasteiger partial charge on any atom is 0 e. The summed E-state index contributed by atoms with van der Waals surface area (Å²) in [5.41, 5.74) is 0. The molecule has 7 heavy (non-hydrogen) atoms. The molecule has 0 aliphatic carbocycles. The van der Waals surface area contributed by atoms with Crippen molar-refractivity contribution in [2.45, 2.75) is 11.7 Å². The van der Waals surface area contributed by atoms with Gasteiger partial charge in [-0.1, -0.05) is 0 Å². The Balaban J connectivity index is 0. The van der Waals surface area contributed by atoms with Crippen LogP contribution in [0.2, 0.25) is 5.25 Å². The monoisotopic (exact) mass is 221 g/mol. The van der Waals surface area contributed by atoms with Gasteiger partial charge in [-0.05, 0) is 0 Å². The third-order valence-electron chi connectivity index (χ3n) is 0.339. The van der Waals surface area contributed by atoms with Crippen molar-refractivity contribution in [3.63, 3.8) is 0 Å². The minimum atomic E-state index is -0.711. The largest absolute Gasteiger partial charge is 0 e.